The van der Waals surface area contributed by atoms with Crippen molar-refractivity contribution in [1.29, 1.82) is 0 Å². The van der Waals surface area contributed by atoms with Gasteiger partial charge in [-0.2, -0.15) is 13.2 Å². The maximum Gasteiger partial charge on any atom is 0.418 e. The Bertz CT molecular complexity index is 540. The van der Waals surface area contributed by atoms with Crippen LogP contribution < -0.4 is 5.32 Å². The lowest BCUT2D eigenvalue weighted by molar-refractivity contribution is -0.136. The molecule has 0 aliphatic heterocycles. The molecular formula is C12H10BrF3N2S. The Morgan fingerprint density at radius 3 is 2.74 bits per heavy atom. The smallest absolute Gasteiger partial charge is 0.384 e. The molecule has 19 heavy (non-hydrogen) atoms. The Labute approximate surface area is 120 Å². The summed E-state index contributed by atoms with van der Waals surface area (Å²) in [5.41, 5.74) is 2.00. The van der Waals surface area contributed by atoms with Crippen LogP contribution in [0, 0.1) is 0 Å². The molecule has 0 saturated carbocycles. The van der Waals surface area contributed by atoms with Gasteiger partial charge in [-0.15, -0.1) is 11.3 Å². The maximum atomic E-state index is 12.8. The third kappa shape index (κ3) is 3.94. The first-order chi connectivity index (χ1) is 8.97. The highest BCUT2D eigenvalue weighted by Crippen LogP contribution is 2.36. The van der Waals surface area contributed by atoms with Gasteiger partial charge in [0.1, 0.15) is 0 Å². The molecule has 102 valence electrons. The van der Waals surface area contributed by atoms with Crippen LogP contribution in [0.15, 0.2) is 33.6 Å². The fourth-order valence-electron chi connectivity index (χ4n) is 1.60. The van der Waals surface area contributed by atoms with Gasteiger partial charge in [0.2, 0.25) is 0 Å². The zero-order valence-electron chi connectivity index (χ0n) is 9.67. The van der Waals surface area contributed by atoms with Gasteiger partial charge >= 0.3 is 6.18 Å². The monoisotopic (exact) mass is 350 g/mol. The van der Waals surface area contributed by atoms with Crippen molar-refractivity contribution in [2.75, 3.05) is 11.9 Å². The Balaban J connectivity index is 2.08. The predicted octanol–water partition coefficient (Wildman–Crippen LogP) is 4.58. The average Bonchev–Trinajstić information content (AvgIpc) is 2.80. The summed E-state index contributed by atoms with van der Waals surface area (Å²) in [5.74, 6) is 0. The first-order valence-corrected chi connectivity index (χ1v) is 7.18. The highest BCUT2D eigenvalue weighted by atomic mass is 79.9. The van der Waals surface area contributed by atoms with Crippen LogP contribution >= 0.6 is 27.3 Å². The number of halogens is 4. The van der Waals surface area contributed by atoms with Crippen LogP contribution in [0.5, 0.6) is 0 Å². The molecule has 0 amide bonds. The van der Waals surface area contributed by atoms with Crippen LogP contribution in [0.1, 0.15) is 11.3 Å². The van der Waals surface area contributed by atoms with Crippen molar-refractivity contribution in [3.8, 4) is 0 Å². The SMILES string of the molecule is FC(F)(F)c1ccc(Br)cc1NCCc1cscn1. The van der Waals surface area contributed by atoms with E-state index in [-0.39, 0.29) is 5.69 Å². The Kier molecular flexibility index (Phi) is 4.46. The molecule has 0 atom stereocenters. The zero-order valence-corrected chi connectivity index (χ0v) is 12.1. The van der Waals surface area contributed by atoms with Gasteiger partial charge in [0.25, 0.3) is 0 Å². The molecule has 7 heteroatoms. The number of hydrogen-bond acceptors (Lipinski definition) is 3. The highest BCUT2D eigenvalue weighted by Gasteiger charge is 2.33. The summed E-state index contributed by atoms with van der Waals surface area (Å²) in [6, 6.07) is 3.88. The van der Waals surface area contributed by atoms with Crippen molar-refractivity contribution in [3.05, 3.63) is 44.8 Å². The van der Waals surface area contributed by atoms with E-state index < -0.39 is 11.7 Å². The van der Waals surface area contributed by atoms with Gasteiger partial charge in [-0.1, -0.05) is 15.9 Å². The molecule has 0 saturated heterocycles. The molecule has 1 N–H and O–H groups in total. The number of thiazole rings is 1. The van der Waals surface area contributed by atoms with Crippen LogP contribution in [0.2, 0.25) is 0 Å². The van der Waals surface area contributed by atoms with Crippen LogP contribution in [0.3, 0.4) is 0 Å². The molecule has 0 unspecified atom stereocenters. The van der Waals surface area contributed by atoms with Gasteiger partial charge < -0.3 is 5.32 Å². The fourth-order valence-corrected chi connectivity index (χ4v) is 2.55. The Morgan fingerprint density at radius 1 is 1.32 bits per heavy atom. The van der Waals surface area contributed by atoms with Gasteiger partial charge in [0, 0.05) is 28.5 Å². The lowest BCUT2D eigenvalue weighted by Crippen LogP contribution is -2.12. The van der Waals surface area contributed by atoms with Gasteiger partial charge in [0.15, 0.2) is 0 Å². The van der Waals surface area contributed by atoms with Crippen molar-refractivity contribution < 1.29 is 13.2 Å². The van der Waals surface area contributed by atoms with Crippen molar-refractivity contribution in [2.45, 2.75) is 12.6 Å². The number of hydrogen-bond donors (Lipinski definition) is 1. The quantitative estimate of drug-likeness (QED) is 0.872. The van der Waals surface area contributed by atoms with E-state index in [0.717, 1.165) is 11.8 Å². The molecule has 1 aromatic carbocycles. The molecule has 1 aromatic heterocycles. The molecule has 2 rings (SSSR count). The molecule has 1 heterocycles. The summed E-state index contributed by atoms with van der Waals surface area (Å²) in [5, 5.41) is 4.70. The molecule has 0 fully saturated rings. The standard InChI is InChI=1S/C12H10BrF3N2S/c13-8-1-2-10(12(14,15)16)11(5-8)17-4-3-9-6-19-7-18-9/h1-2,5-7,17H,3-4H2. The normalized spacial score (nSPS) is 11.6. The minimum Gasteiger partial charge on any atom is -0.384 e. The molecule has 0 aliphatic rings. The van der Waals surface area contributed by atoms with E-state index in [4.69, 9.17) is 0 Å². The van der Waals surface area contributed by atoms with E-state index in [9.17, 15) is 13.2 Å². The van der Waals surface area contributed by atoms with E-state index in [1.54, 1.807) is 5.51 Å². The first-order valence-electron chi connectivity index (χ1n) is 5.44. The first kappa shape index (κ1) is 14.3. The molecule has 0 spiro atoms. The summed E-state index contributed by atoms with van der Waals surface area (Å²) < 4.78 is 39.1. The highest BCUT2D eigenvalue weighted by molar-refractivity contribution is 9.10. The summed E-state index contributed by atoms with van der Waals surface area (Å²) in [6.07, 6.45) is -3.77. The predicted molar refractivity (Wildman–Crippen MR) is 73.5 cm³/mol. The minimum absolute atomic E-state index is 0.0807. The number of aromatic nitrogens is 1. The van der Waals surface area contributed by atoms with Crippen molar-refractivity contribution in [2.24, 2.45) is 0 Å². The molecule has 2 nitrogen and oxygen atoms in total. The zero-order chi connectivity index (χ0) is 13.9. The summed E-state index contributed by atoms with van der Waals surface area (Å²) in [6.45, 7) is 0.406. The van der Waals surface area contributed by atoms with E-state index in [0.29, 0.717) is 17.4 Å². The second-order valence-electron chi connectivity index (χ2n) is 3.84. The minimum atomic E-state index is -4.36. The summed E-state index contributed by atoms with van der Waals surface area (Å²) in [4.78, 5) is 4.08. The van der Waals surface area contributed by atoms with Gasteiger partial charge in [-0.25, -0.2) is 4.98 Å². The summed E-state index contributed by atoms with van der Waals surface area (Å²) >= 11 is 4.64. The van der Waals surface area contributed by atoms with E-state index >= 15 is 0 Å². The van der Waals surface area contributed by atoms with Crippen molar-refractivity contribution >= 4 is 33.0 Å². The second kappa shape index (κ2) is 5.92. The number of nitrogens with one attached hydrogen (secondary N) is 1. The Morgan fingerprint density at radius 2 is 2.11 bits per heavy atom. The average molecular weight is 351 g/mol. The number of benzene rings is 1. The molecule has 0 bridgehead atoms. The molecule has 0 aliphatic carbocycles. The second-order valence-corrected chi connectivity index (χ2v) is 5.48. The Hall–Kier alpha value is -1.08. The van der Waals surface area contributed by atoms with Crippen molar-refractivity contribution in [1.82, 2.24) is 4.98 Å². The number of rotatable bonds is 4. The molecule has 2 aromatic rings. The van der Waals surface area contributed by atoms with Crippen molar-refractivity contribution in [3.63, 3.8) is 0 Å². The lowest BCUT2D eigenvalue weighted by atomic mass is 10.1. The number of anilines is 1. The number of nitrogens with zero attached hydrogens (tertiary/aromatic N) is 1. The molecular weight excluding hydrogens is 341 g/mol. The van der Waals surface area contributed by atoms with Crippen LogP contribution in [0.4, 0.5) is 18.9 Å². The third-order valence-electron chi connectivity index (χ3n) is 2.47. The maximum absolute atomic E-state index is 12.8. The van der Waals surface area contributed by atoms with Crippen LogP contribution in [-0.4, -0.2) is 11.5 Å². The third-order valence-corrected chi connectivity index (χ3v) is 3.60. The van der Waals surface area contributed by atoms with Gasteiger partial charge in [-0.3, -0.25) is 0 Å². The lowest BCUT2D eigenvalue weighted by Gasteiger charge is -2.14. The topological polar surface area (TPSA) is 24.9 Å². The largest absolute Gasteiger partial charge is 0.418 e. The van der Waals surface area contributed by atoms with Gasteiger partial charge in [0.05, 0.1) is 16.8 Å². The van der Waals surface area contributed by atoms with E-state index in [1.165, 1.54) is 23.5 Å². The van der Waals surface area contributed by atoms with E-state index in [1.807, 2.05) is 5.38 Å². The van der Waals surface area contributed by atoms with Crippen LogP contribution in [-0.2, 0) is 12.6 Å². The van der Waals surface area contributed by atoms with E-state index in [2.05, 4.69) is 26.2 Å². The molecule has 0 radical (unpaired) electrons. The summed E-state index contributed by atoms with van der Waals surface area (Å²) in [7, 11) is 0. The number of alkyl halides is 3. The van der Waals surface area contributed by atoms with Gasteiger partial charge in [-0.05, 0) is 18.2 Å². The fraction of sp³-hybridized carbons (Fsp3) is 0.250. The van der Waals surface area contributed by atoms with Crippen LogP contribution in [0.25, 0.3) is 0 Å².